The zero-order chi connectivity index (χ0) is 9.84. The lowest BCUT2D eigenvalue weighted by atomic mass is 9.85. The molecule has 1 rings (SSSR count). The van der Waals surface area contributed by atoms with E-state index in [0.29, 0.717) is 6.42 Å². The lowest BCUT2D eigenvalue weighted by Crippen LogP contribution is -2.40. The number of carbonyl (C=O) groups excluding carboxylic acids is 2. The Morgan fingerprint density at radius 2 is 2.08 bits per heavy atom. The van der Waals surface area contributed by atoms with Gasteiger partial charge in [-0.3, -0.25) is 9.59 Å². The monoisotopic (exact) mass is 184 g/mol. The molecular formula is C9H16N2O2. The molecule has 13 heavy (non-hydrogen) atoms. The maximum absolute atomic E-state index is 10.9. The molecule has 0 aromatic carbocycles. The molecule has 0 aromatic rings. The van der Waals surface area contributed by atoms with Crippen LogP contribution < -0.4 is 11.1 Å². The second-order valence-corrected chi connectivity index (χ2v) is 3.66. The van der Waals surface area contributed by atoms with Crippen molar-refractivity contribution in [1.82, 2.24) is 5.32 Å². The van der Waals surface area contributed by atoms with Gasteiger partial charge in [-0.25, -0.2) is 0 Å². The van der Waals surface area contributed by atoms with Crippen LogP contribution in [-0.4, -0.2) is 17.9 Å². The van der Waals surface area contributed by atoms with Crippen molar-refractivity contribution in [1.29, 1.82) is 0 Å². The molecule has 0 bridgehead atoms. The zero-order valence-corrected chi connectivity index (χ0v) is 7.88. The van der Waals surface area contributed by atoms with Gasteiger partial charge in [0.1, 0.15) is 0 Å². The highest BCUT2D eigenvalue weighted by molar-refractivity contribution is 5.77. The van der Waals surface area contributed by atoms with E-state index >= 15 is 0 Å². The van der Waals surface area contributed by atoms with Gasteiger partial charge in [0, 0.05) is 18.9 Å². The summed E-state index contributed by atoms with van der Waals surface area (Å²) in [4.78, 5) is 21.7. The molecule has 1 aliphatic carbocycles. The van der Waals surface area contributed by atoms with Gasteiger partial charge in [-0.2, -0.15) is 0 Å². The van der Waals surface area contributed by atoms with Crippen molar-refractivity contribution in [3.8, 4) is 0 Å². The van der Waals surface area contributed by atoms with E-state index in [0.717, 1.165) is 19.3 Å². The Morgan fingerprint density at radius 3 is 2.62 bits per heavy atom. The van der Waals surface area contributed by atoms with Crippen LogP contribution in [0.1, 0.15) is 32.6 Å². The third-order valence-electron chi connectivity index (χ3n) is 2.48. The Hall–Kier alpha value is -1.06. The highest BCUT2D eigenvalue weighted by Gasteiger charge is 2.25. The van der Waals surface area contributed by atoms with Gasteiger partial charge in [0.05, 0.1) is 0 Å². The van der Waals surface area contributed by atoms with Crippen LogP contribution in [0.25, 0.3) is 0 Å². The van der Waals surface area contributed by atoms with Crippen molar-refractivity contribution in [2.24, 2.45) is 11.7 Å². The summed E-state index contributed by atoms with van der Waals surface area (Å²) in [7, 11) is 0. The van der Waals surface area contributed by atoms with Crippen molar-refractivity contribution in [2.75, 3.05) is 0 Å². The van der Waals surface area contributed by atoms with Crippen LogP contribution in [0, 0.1) is 5.92 Å². The maximum Gasteiger partial charge on any atom is 0.220 e. The first-order chi connectivity index (χ1) is 6.09. The summed E-state index contributed by atoms with van der Waals surface area (Å²) in [6.45, 7) is 1.49. The Kier molecular flexibility index (Phi) is 3.28. The number of nitrogens with one attached hydrogen (secondary N) is 1. The first kappa shape index (κ1) is 10.0. The van der Waals surface area contributed by atoms with Crippen LogP contribution in [0.3, 0.4) is 0 Å². The molecule has 3 N–H and O–H groups in total. The van der Waals surface area contributed by atoms with Gasteiger partial charge in [-0.1, -0.05) is 6.42 Å². The first-order valence-corrected chi connectivity index (χ1v) is 4.66. The molecule has 1 fully saturated rings. The standard InChI is InChI=1S/C9H16N2O2/c1-6(12)11-8-4-2-3-7(5-8)9(10)13/h7-8H,2-5H2,1H3,(H2,10,13)(H,11,12)/t7-,8+/m0/s1. The summed E-state index contributed by atoms with van der Waals surface area (Å²) < 4.78 is 0. The molecule has 0 aliphatic heterocycles. The molecule has 0 radical (unpaired) electrons. The van der Waals surface area contributed by atoms with Gasteiger partial charge in [0.15, 0.2) is 0 Å². The van der Waals surface area contributed by atoms with Crippen LogP contribution in [0.15, 0.2) is 0 Å². The number of carbonyl (C=O) groups is 2. The minimum Gasteiger partial charge on any atom is -0.369 e. The fourth-order valence-corrected chi connectivity index (χ4v) is 1.87. The van der Waals surface area contributed by atoms with Crippen molar-refractivity contribution in [3.63, 3.8) is 0 Å². The number of rotatable bonds is 2. The fraction of sp³-hybridized carbons (Fsp3) is 0.778. The van der Waals surface area contributed by atoms with Gasteiger partial charge in [-0.15, -0.1) is 0 Å². The minimum absolute atomic E-state index is 0.0323. The Bertz CT molecular complexity index is 216. The van der Waals surface area contributed by atoms with E-state index in [2.05, 4.69) is 5.32 Å². The van der Waals surface area contributed by atoms with E-state index in [4.69, 9.17) is 5.73 Å². The Morgan fingerprint density at radius 1 is 1.38 bits per heavy atom. The van der Waals surface area contributed by atoms with Crippen LogP contribution in [0.4, 0.5) is 0 Å². The number of amides is 2. The third-order valence-corrected chi connectivity index (χ3v) is 2.48. The summed E-state index contributed by atoms with van der Waals surface area (Å²) in [6, 6.07) is 0.142. The maximum atomic E-state index is 10.9. The second kappa shape index (κ2) is 4.25. The smallest absolute Gasteiger partial charge is 0.220 e. The third kappa shape index (κ3) is 3.05. The van der Waals surface area contributed by atoms with E-state index in [9.17, 15) is 9.59 Å². The summed E-state index contributed by atoms with van der Waals surface area (Å²) in [5, 5.41) is 2.82. The first-order valence-electron chi connectivity index (χ1n) is 4.66. The molecule has 4 nitrogen and oxygen atoms in total. The molecule has 0 spiro atoms. The molecule has 2 atom stereocenters. The summed E-state index contributed by atoms with van der Waals surface area (Å²) >= 11 is 0. The molecule has 74 valence electrons. The molecule has 1 saturated carbocycles. The predicted molar refractivity (Wildman–Crippen MR) is 48.8 cm³/mol. The fourth-order valence-electron chi connectivity index (χ4n) is 1.87. The number of hydrogen-bond acceptors (Lipinski definition) is 2. The summed E-state index contributed by atoms with van der Waals surface area (Å²) in [6.07, 6.45) is 3.50. The topological polar surface area (TPSA) is 72.2 Å². The average Bonchev–Trinajstić information content (AvgIpc) is 2.03. The lowest BCUT2D eigenvalue weighted by Gasteiger charge is -2.27. The minimum atomic E-state index is -0.241. The second-order valence-electron chi connectivity index (χ2n) is 3.66. The van der Waals surface area contributed by atoms with Crippen molar-refractivity contribution in [3.05, 3.63) is 0 Å². The summed E-state index contributed by atoms with van der Waals surface area (Å²) in [5.41, 5.74) is 5.21. The van der Waals surface area contributed by atoms with E-state index in [1.54, 1.807) is 0 Å². The number of primary amides is 1. The number of hydrogen-bond donors (Lipinski definition) is 2. The molecule has 1 aliphatic rings. The van der Waals surface area contributed by atoms with Gasteiger partial charge in [0.2, 0.25) is 11.8 Å². The van der Waals surface area contributed by atoms with Crippen LogP contribution in [0.2, 0.25) is 0 Å². The van der Waals surface area contributed by atoms with E-state index in [1.807, 2.05) is 0 Å². The lowest BCUT2D eigenvalue weighted by molar-refractivity contribution is -0.124. The van der Waals surface area contributed by atoms with E-state index in [-0.39, 0.29) is 23.8 Å². The average molecular weight is 184 g/mol. The van der Waals surface area contributed by atoms with Crippen molar-refractivity contribution >= 4 is 11.8 Å². The molecular weight excluding hydrogens is 168 g/mol. The van der Waals surface area contributed by atoms with Gasteiger partial charge < -0.3 is 11.1 Å². The van der Waals surface area contributed by atoms with E-state index < -0.39 is 0 Å². The SMILES string of the molecule is CC(=O)N[C@@H]1CCC[C@H](C(N)=O)C1. The predicted octanol–water partition coefficient (Wildman–Crippen LogP) is 0.167. The van der Waals surface area contributed by atoms with Crippen LogP contribution in [-0.2, 0) is 9.59 Å². The van der Waals surface area contributed by atoms with Gasteiger partial charge >= 0.3 is 0 Å². The molecule has 4 heteroatoms. The van der Waals surface area contributed by atoms with Crippen LogP contribution >= 0.6 is 0 Å². The highest BCUT2D eigenvalue weighted by atomic mass is 16.2. The van der Waals surface area contributed by atoms with Gasteiger partial charge in [-0.05, 0) is 19.3 Å². The molecule has 0 aromatic heterocycles. The normalized spacial score (nSPS) is 28.1. The van der Waals surface area contributed by atoms with Crippen molar-refractivity contribution < 1.29 is 9.59 Å². The largest absolute Gasteiger partial charge is 0.369 e. The Labute approximate surface area is 77.9 Å². The van der Waals surface area contributed by atoms with E-state index in [1.165, 1.54) is 6.92 Å². The quantitative estimate of drug-likeness (QED) is 0.642. The Balaban J connectivity index is 2.41. The molecule has 0 unspecified atom stereocenters. The molecule has 2 amide bonds. The highest BCUT2D eigenvalue weighted by Crippen LogP contribution is 2.23. The molecule has 0 saturated heterocycles. The summed E-state index contributed by atoms with van der Waals surface area (Å²) in [5.74, 6) is -0.323. The number of nitrogens with two attached hydrogens (primary N) is 1. The molecule has 0 heterocycles. The zero-order valence-electron chi connectivity index (χ0n) is 7.88. The van der Waals surface area contributed by atoms with Gasteiger partial charge in [0.25, 0.3) is 0 Å². The van der Waals surface area contributed by atoms with Crippen LogP contribution in [0.5, 0.6) is 0 Å². The van der Waals surface area contributed by atoms with Crippen molar-refractivity contribution in [2.45, 2.75) is 38.6 Å².